The van der Waals surface area contributed by atoms with Crippen molar-refractivity contribution in [3.8, 4) is 11.9 Å². The zero-order valence-corrected chi connectivity index (χ0v) is 14.0. The van der Waals surface area contributed by atoms with Crippen molar-refractivity contribution in [2.45, 2.75) is 27.2 Å². The summed E-state index contributed by atoms with van der Waals surface area (Å²) in [5, 5.41) is 11.8. The van der Waals surface area contributed by atoms with Crippen LogP contribution in [0.15, 0.2) is 24.3 Å². The quantitative estimate of drug-likeness (QED) is 0.880. The molecule has 0 radical (unpaired) electrons. The van der Waals surface area contributed by atoms with Crippen molar-refractivity contribution in [2.75, 3.05) is 17.7 Å². The van der Waals surface area contributed by atoms with Crippen LogP contribution < -0.4 is 15.8 Å². The molecule has 0 unspecified atom stereocenters. The van der Waals surface area contributed by atoms with Gasteiger partial charge in [-0.1, -0.05) is 23.8 Å². The number of carbonyl (C=O) groups is 1. The van der Waals surface area contributed by atoms with Crippen LogP contribution >= 0.6 is 0 Å². The van der Waals surface area contributed by atoms with Gasteiger partial charge in [0.1, 0.15) is 17.5 Å². The fourth-order valence-electron chi connectivity index (χ4n) is 2.31. The lowest BCUT2D eigenvalue weighted by atomic mass is 10.0. The van der Waals surface area contributed by atoms with E-state index in [0.717, 1.165) is 16.7 Å². The maximum absolute atomic E-state index is 12.3. The molecule has 0 bridgehead atoms. The average molecular weight is 324 g/mol. The summed E-state index contributed by atoms with van der Waals surface area (Å²) in [5.41, 5.74) is 9.34. The Bertz CT molecular complexity index is 809. The molecule has 0 atom stereocenters. The minimum absolute atomic E-state index is 0.127. The van der Waals surface area contributed by atoms with E-state index >= 15 is 0 Å². The number of anilines is 2. The molecular weight excluding hydrogens is 304 g/mol. The van der Waals surface area contributed by atoms with Gasteiger partial charge < -0.3 is 15.8 Å². The van der Waals surface area contributed by atoms with E-state index in [-0.39, 0.29) is 35.3 Å². The third-order valence-corrected chi connectivity index (χ3v) is 3.53. The van der Waals surface area contributed by atoms with Gasteiger partial charge in [0.25, 0.3) is 0 Å². The topological polar surface area (TPSA) is 101 Å². The molecule has 6 heteroatoms. The zero-order chi connectivity index (χ0) is 17.7. The summed E-state index contributed by atoms with van der Waals surface area (Å²) >= 11 is 0. The van der Waals surface area contributed by atoms with E-state index in [2.05, 4.69) is 10.3 Å². The zero-order valence-electron chi connectivity index (χ0n) is 14.0. The monoisotopic (exact) mass is 324 g/mol. The van der Waals surface area contributed by atoms with Gasteiger partial charge in [-0.15, -0.1) is 0 Å². The number of amides is 1. The maximum Gasteiger partial charge on any atom is 0.235 e. The van der Waals surface area contributed by atoms with Crippen molar-refractivity contribution < 1.29 is 9.53 Å². The number of nitriles is 1. The van der Waals surface area contributed by atoms with E-state index in [0.29, 0.717) is 6.61 Å². The highest BCUT2D eigenvalue weighted by Crippen LogP contribution is 2.25. The molecule has 0 saturated carbocycles. The first-order valence-electron chi connectivity index (χ1n) is 7.64. The molecule has 1 aromatic carbocycles. The number of pyridine rings is 1. The largest absolute Gasteiger partial charge is 0.477 e. The number of nitrogens with one attached hydrogen (secondary N) is 1. The minimum Gasteiger partial charge on any atom is -0.477 e. The number of benzene rings is 1. The van der Waals surface area contributed by atoms with Gasteiger partial charge in [-0.3, -0.25) is 4.79 Å². The van der Waals surface area contributed by atoms with Gasteiger partial charge in [0.05, 0.1) is 18.7 Å². The van der Waals surface area contributed by atoms with Crippen LogP contribution in [0.4, 0.5) is 11.5 Å². The molecule has 0 aliphatic carbocycles. The molecule has 24 heavy (non-hydrogen) atoms. The van der Waals surface area contributed by atoms with Gasteiger partial charge in [0.2, 0.25) is 11.8 Å². The second-order valence-corrected chi connectivity index (χ2v) is 5.48. The molecular formula is C18H20N4O2. The van der Waals surface area contributed by atoms with Crippen molar-refractivity contribution in [1.82, 2.24) is 4.98 Å². The highest BCUT2D eigenvalue weighted by atomic mass is 16.5. The van der Waals surface area contributed by atoms with Crippen LogP contribution in [0.25, 0.3) is 0 Å². The first-order chi connectivity index (χ1) is 11.4. The Morgan fingerprint density at radius 3 is 2.79 bits per heavy atom. The molecule has 0 fully saturated rings. The molecule has 1 aromatic heterocycles. The van der Waals surface area contributed by atoms with Gasteiger partial charge in [0.15, 0.2) is 0 Å². The predicted octanol–water partition coefficient (Wildman–Crippen LogP) is 2.73. The van der Waals surface area contributed by atoms with Crippen LogP contribution in [0.5, 0.6) is 5.88 Å². The lowest BCUT2D eigenvalue weighted by Crippen LogP contribution is -2.17. The third-order valence-electron chi connectivity index (χ3n) is 3.53. The summed E-state index contributed by atoms with van der Waals surface area (Å²) in [5.74, 6) is 0.190. The number of nitrogens with two attached hydrogens (primary N) is 1. The molecule has 2 aromatic rings. The second kappa shape index (κ2) is 7.47. The fourth-order valence-corrected chi connectivity index (χ4v) is 2.31. The molecule has 3 N–H and O–H groups in total. The molecule has 1 heterocycles. The number of nitrogen functional groups attached to an aromatic ring is 1. The fraction of sp³-hybridized carbons (Fsp3) is 0.278. The lowest BCUT2D eigenvalue weighted by Gasteiger charge is -2.11. The van der Waals surface area contributed by atoms with E-state index < -0.39 is 0 Å². The average Bonchev–Trinajstić information content (AvgIpc) is 2.51. The SMILES string of the molecule is CCOc1nc(NC(=O)Cc2cc(C)ccc2C)cc(N)c1C#N. The number of aromatic nitrogens is 1. The first kappa shape index (κ1) is 17.3. The van der Waals surface area contributed by atoms with Gasteiger partial charge in [-0.2, -0.15) is 10.2 Å². The van der Waals surface area contributed by atoms with Gasteiger partial charge >= 0.3 is 0 Å². The van der Waals surface area contributed by atoms with E-state index in [4.69, 9.17) is 15.7 Å². The van der Waals surface area contributed by atoms with Crippen LogP contribution in [0.1, 0.15) is 29.2 Å². The Kier molecular flexibility index (Phi) is 5.38. The van der Waals surface area contributed by atoms with Crippen molar-refractivity contribution in [1.29, 1.82) is 5.26 Å². The number of rotatable bonds is 5. The third kappa shape index (κ3) is 4.02. The Morgan fingerprint density at radius 2 is 2.12 bits per heavy atom. The molecule has 0 aliphatic rings. The molecule has 124 valence electrons. The molecule has 1 amide bonds. The van der Waals surface area contributed by atoms with Crippen molar-refractivity contribution in [3.63, 3.8) is 0 Å². The summed E-state index contributed by atoms with van der Waals surface area (Å²) in [6, 6.07) is 9.40. The normalized spacial score (nSPS) is 10.1. The number of hydrogen-bond acceptors (Lipinski definition) is 5. The number of hydrogen-bond donors (Lipinski definition) is 2. The smallest absolute Gasteiger partial charge is 0.235 e. The Hall–Kier alpha value is -3.07. The molecule has 0 saturated heterocycles. The minimum atomic E-state index is -0.206. The maximum atomic E-state index is 12.3. The standard InChI is InChI=1S/C18H20N4O2/c1-4-24-18-14(10-19)15(20)9-16(22-18)21-17(23)8-13-7-11(2)5-6-12(13)3/h5-7,9H,4,8H2,1-3H3,(H3,20,21,22,23). The summed E-state index contributed by atoms with van der Waals surface area (Å²) < 4.78 is 5.32. The first-order valence-corrected chi connectivity index (χ1v) is 7.64. The number of aryl methyl sites for hydroxylation is 2. The number of nitrogens with zero attached hydrogens (tertiary/aromatic N) is 2. The molecule has 0 spiro atoms. The van der Waals surface area contributed by atoms with E-state index in [1.165, 1.54) is 6.07 Å². The Labute approximate surface area is 141 Å². The van der Waals surface area contributed by atoms with E-state index in [1.54, 1.807) is 6.92 Å². The summed E-state index contributed by atoms with van der Waals surface area (Å²) in [6.07, 6.45) is 0.235. The Balaban J connectivity index is 2.20. The Morgan fingerprint density at radius 1 is 1.38 bits per heavy atom. The molecule has 6 nitrogen and oxygen atoms in total. The van der Waals surface area contributed by atoms with Crippen LogP contribution in [0.3, 0.4) is 0 Å². The second-order valence-electron chi connectivity index (χ2n) is 5.48. The number of ether oxygens (including phenoxy) is 1. The van der Waals surface area contributed by atoms with Gasteiger partial charge in [-0.05, 0) is 31.9 Å². The predicted molar refractivity (Wildman–Crippen MR) is 92.8 cm³/mol. The summed E-state index contributed by atoms with van der Waals surface area (Å²) in [7, 11) is 0. The highest BCUT2D eigenvalue weighted by molar-refractivity contribution is 5.92. The number of carbonyl (C=O) groups excluding carboxylic acids is 1. The van der Waals surface area contributed by atoms with Crippen molar-refractivity contribution >= 4 is 17.4 Å². The van der Waals surface area contributed by atoms with Crippen molar-refractivity contribution in [2.24, 2.45) is 0 Å². The van der Waals surface area contributed by atoms with Crippen LogP contribution in [0, 0.1) is 25.2 Å². The summed E-state index contributed by atoms with van der Waals surface area (Å²) in [4.78, 5) is 16.4. The van der Waals surface area contributed by atoms with Crippen molar-refractivity contribution in [3.05, 3.63) is 46.5 Å². The van der Waals surface area contributed by atoms with Crippen LogP contribution in [0.2, 0.25) is 0 Å². The van der Waals surface area contributed by atoms with Gasteiger partial charge in [0, 0.05) is 6.07 Å². The van der Waals surface area contributed by atoms with E-state index in [9.17, 15) is 4.79 Å². The highest BCUT2D eigenvalue weighted by Gasteiger charge is 2.14. The molecule has 2 rings (SSSR count). The van der Waals surface area contributed by atoms with E-state index in [1.807, 2.05) is 38.1 Å². The molecule has 0 aliphatic heterocycles. The lowest BCUT2D eigenvalue weighted by molar-refractivity contribution is -0.115. The van der Waals surface area contributed by atoms with Crippen LogP contribution in [-0.2, 0) is 11.2 Å². The van der Waals surface area contributed by atoms with Crippen LogP contribution in [-0.4, -0.2) is 17.5 Å². The summed E-state index contributed by atoms with van der Waals surface area (Å²) in [6.45, 7) is 6.08. The van der Waals surface area contributed by atoms with Gasteiger partial charge in [-0.25, -0.2) is 0 Å².